The van der Waals surface area contributed by atoms with Crippen molar-refractivity contribution in [1.29, 1.82) is 0 Å². The predicted octanol–water partition coefficient (Wildman–Crippen LogP) is 3.25. The van der Waals surface area contributed by atoms with Gasteiger partial charge in [-0.15, -0.1) is 0 Å². The van der Waals surface area contributed by atoms with E-state index in [1.165, 1.54) is 24.8 Å². The van der Waals surface area contributed by atoms with Gasteiger partial charge in [0.25, 0.3) is 0 Å². The first-order valence-electron chi connectivity index (χ1n) is 6.46. The van der Waals surface area contributed by atoms with Crippen molar-refractivity contribution in [3.05, 3.63) is 29.3 Å². The zero-order valence-corrected chi connectivity index (χ0v) is 11.2. The van der Waals surface area contributed by atoms with E-state index in [2.05, 4.69) is 5.32 Å². The van der Waals surface area contributed by atoms with E-state index in [0.717, 1.165) is 17.7 Å². The summed E-state index contributed by atoms with van der Waals surface area (Å²) in [4.78, 5) is 1.23. The molecule has 0 bridgehead atoms. The third kappa shape index (κ3) is 4.42. The molecule has 1 fully saturated rings. The van der Waals surface area contributed by atoms with Crippen molar-refractivity contribution in [2.75, 3.05) is 18.5 Å². The van der Waals surface area contributed by atoms with Crippen LogP contribution < -0.4 is 10.2 Å². The lowest BCUT2D eigenvalue weighted by Gasteiger charge is -2.22. The van der Waals surface area contributed by atoms with E-state index in [-0.39, 0.29) is 0 Å². The largest absolute Gasteiger partial charge is 0.405 e. The number of hydrogen-bond acceptors (Lipinski definition) is 2. The quantitative estimate of drug-likeness (QED) is 0.885. The van der Waals surface area contributed by atoms with Gasteiger partial charge in [-0.3, -0.25) is 0 Å². The van der Waals surface area contributed by atoms with Crippen LogP contribution in [-0.2, 0) is 6.54 Å². The number of aryl methyl sites for hydroxylation is 1. The molecule has 1 saturated carbocycles. The summed E-state index contributed by atoms with van der Waals surface area (Å²) in [5, 5.41) is 3.41. The molecule has 1 aliphatic carbocycles. The van der Waals surface area contributed by atoms with Crippen molar-refractivity contribution in [2.45, 2.75) is 38.5 Å². The SMILES string of the molecule is Cc1cc(N(C)CC(F)(F)F)ccc1CNC1CC1. The number of alkyl halides is 3. The van der Waals surface area contributed by atoms with Crippen molar-refractivity contribution >= 4 is 5.69 Å². The van der Waals surface area contributed by atoms with Crippen LogP contribution in [0.25, 0.3) is 0 Å². The Balaban J connectivity index is 2.00. The first-order valence-corrected chi connectivity index (χ1v) is 6.46. The lowest BCUT2D eigenvalue weighted by atomic mass is 10.1. The van der Waals surface area contributed by atoms with Crippen LogP contribution in [0.2, 0.25) is 0 Å². The van der Waals surface area contributed by atoms with Crippen LogP contribution >= 0.6 is 0 Å². The van der Waals surface area contributed by atoms with E-state index in [1.54, 1.807) is 6.07 Å². The zero-order valence-electron chi connectivity index (χ0n) is 11.2. The fourth-order valence-electron chi connectivity index (χ4n) is 2.02. The van der Waals surface area contributed by atoms with Crippen molar-refractivity contribution in [2.24, 2.45) is 0 Å². The second-order valence-electron chi connectivity index (χ2n) is 5.24. The molecule has 0 aliphatic heterocycles. The molecule has 0 aromatic heterocycles. The average Bonchev–Trinajstić information content (AvgIpc) is 3.08. The molecule has 5 heteroatoms. The van der Waals surface area contributed by atoms with Crippen LogP contribution in [0.1, 0.15) is 24.0 Å². The number of benzene rings is 1. The highest BCUT2D eigenvalue weighted by Gasteiger charge is 2.29. The van der Waals surface area contributed by atoms with E-state index >= 15 is 0 Å². The van der Waals surface area contributed by atoms with Gasteiger partial charge in [-0.1, -0.05) is 6.07 Å². The van der Waals surface area contributed by atoms with Gasteiger partial charge in [0.05, 0.1) is 0 Å². The normalized spacial score (nSPS) is 15.6. The van der Waals surface area contributed by atoms with Crippen LogP contribution in [0, 0.1) is 6.92 Å². The summed E-state index contributed by atoms with van der Waals surface area (Å²) in [7, 11) is 1.46. The summed E-state index contributed by atoms with van der Waals surface area (Å²) < 4.78 is 37.0. The molecular weight excluding hydrogens is 253 g/mol. The Morgan fingerprint density at radius 1 is 1.32 bits per heavy atom. The summed E-state index contributed by atoms with van der Waals surface area (Å²) in [5.74, 6) is 0. The maximum Gasteiger partial charge on any atom is 0.405 e. The molecule has 1 aliphatic rings. The third-order valence-electron chi connectivity index (χ3n) is 3.34. The number of hydrogen-bond donors (Lipinski definition) is 1. The Bertz CT molecular complexity index is 439. The molecule has 0 amide bonds. The molecule has 19 heavy (non-hydrogen) atoms. The molecule has 2 rings (SSSR count). The second kappa shape index (κ2) is 5.41. The number of nitrogens with one attached hydrogen (secondary N) is 1. The third-order valence-corrected chi connectivity index (χ3v) is 3.34. The van der Waals surface area contributed by atoms with Crippen LogP contribution in [0.15, 0.2) is 18.2 Å². The molecule has 0 atom stereocenters. The monoisotopic (exact) mass is 272 g/mol. The van der Waals surface area contributed by atoms with Crippen molar-refractivity contribution in [3.63, 3.8) is 0 Å². The maximum absolute atomic E-state index is 12.3. The van der Waals surface area contributed by atoms with Gasteiger partial charge < -0.3 is 10.2 Å². The first kappa shape index (κ1) is 14.2. The van der Waals surface area contributed by atoms with E-state index < -0.39 is 12.7 Å². The smallest absolute Gasteiger partial charge is 0.366 e. The average molecular weight is 272 g/mol. The standard InChI is InChI=1S/C14H19F3N2/c1-10-7-13(19(2)9-14(15,16)17)6-3-11(10)8-18-12-4-5-12/h3,6-7,12,18H,4-5,8-9H2,1-2H3. The van der Waals surface area contributed by atoms with Crippen molar-refractivity contribution in [1.82, 2.24) is 5.32 Å². The highest BCUT2D eigenvalue weighted by Crippen LogP contribution is 2.24. The molecule has 2 nitrogen and oxygen atoms in total. The van der Waals surface area contributed by atoms with Gasteiger partial charge in [0.2, 0.25) is 0 Å². The predicted molar refractivity (Wildman–Crippen MR) is 70.4 cm³/mol. The molecule has 1 aromatic rings. The van der Waals surface area contributed by atoms with Gasteiger partial charge in [-0.05, 0) is 43.0 Å². The molecule has 0 radical (unpaired) electrons. The number of nitrogens with zero attached hydrogens (tertiary/aromatic N) is 1. The molecular formula is C14H19F3N2. The highest BCUT2D eigenvalue weighted by molar-refractivity contribution is 5.50. The molecule has 0 heterocycles. The fourth-order valence-corrected chi connectivity index (χ4v) is 2.02. The Morgan fingerprint density at radius 3 is 2.53 bits per heavy atom. The zero-order chi connectivity index (χ0) is 14.0. The van der Waals surface area contributed by atoms with E-state index in [1.807, 2.05) is 19.1 Å². The van der Waals surface area contributed by atoms with E-state index in [0.29, 0.717) is 11.7 Å². The molecule has 0 spiro atoms. The lowest BCUT2D eigenvalue weighted by Crippen LogP contribution is -2.30. The Kier molecular flexibility index (Phi) is 4.04. The van der Waals surface area contributed by atoms with Gasteiger partial charge in [-0.25, -0.2) is 0 Å². The van der Waals surface area contributed by atoms with Gasteiger partial charge in [0.1, 0.15) is 6.54 Å². The summed E-state index contributed by atoms with van der Waals surface area (Å²) in [6, 6.07) is 6.11. The molecule has 1 aromatic carbocycles. The van der Waals surface area contributed by atoms with Gasteiger partial charge in [0.15, 0.2) is 0 Å². The van der Waals surface area contributed by atoms with Crippen molar-refractivity contribution in [3.8, 4) is 0 Å². The number of rotatable bonds is 5. The summed E-state index contributed by atoms with van der Waals surface area (Å²) in [5.41, 5.74) is 2.78. The van der Waals surface area contributed by atoms with E-state index in [4.69, 9.17) is 0 Å². The van der Waals surface area contributed by atoms with Crippen LogP contribution in [0.3, 0.4) is 0 Å². The highest BCUT2D eigenvalue weighted by atomic mass is 19.4. The minimum absolute atomic E-state index is 0.602. The van der Waals surface area contributed by atoms with Gasteiger partial charge >= 0.3 is 6.18 Å². The Labute approximate surface area is 111 Å². The lowest BCUT2D eigenvalue weighted by molar-refractivity contribution is -0.119. The van der Waals surface area contributed by atoms with E-state index in [9.17, 15) is 13.2 Å². The Hall–Kier alpha value is -1.23. The second-order valence-corrected chi connectivity index (χ2v) is 5.24. The van der Waals surface area contributed by atoms with Gasteiger partial charge in [-0.2, -0.15) is 13.2 Å². The summed E-state index contributed by atoms with van der Waals surface area (Å²) in [6.45, 7) is 1.81. The van der Waals surface area contributed by atoms with Crippen LogP contribution in [0.4, 0.5) is 18.9 Å². The van der Waals surface area contributed by atoms with Crippen molar-refractivity contribution < 1.29 is 13.2 Å². The van der Waals surface area contributed by atoms with Gasteiger partial charge in [0, 0.05) is 25.3 Å². The molecule has 0 saturated heterocycles. The summed E-state index contributed by atoms with van der Waals surface area (Å²) >= 11 is 0. The minimum atomic E-state index is -4.17. The fraction of sp³-hybridized carbons (Fsp3) is 0.571. The summed E-state index contributed by atoms with van der Waals surface area (Å²) in [6.07, 6.45) is -1.72. The maximum atomic E-state index is 12.3. The van der Waals surface area contributed by atoms with Crippen LogP contribution in [0.5, 0.6) is 0 Å². The first-order chi connectivity index (χ1) is 8.85. The number of anilines is 1. The number of halogens is 3. The molecule has 0 unspecified atom stereocenters. The Morgan fingerprint density at radius 2 is 2.00 bits per heavy atom. The van der Waals surface area contributed by atoms with Crippen LogP contribution in [-0.4, -0.2) is 25.8 Å². The topological polar surface area (TPSA) is 15.3 Å². The minimum Gasteiger partial charge on any atom is -0.366 e. The molecule has 106 valence electrons. The molecule has 1 N–H and O–H groups in total.